The molecule has 0 bridgehead atoms. The lowest BCUT2D eigenvalue weighted by Crippen LogP contribution is -2.30. The lowest BCUT2D eigenvalue weighted by atomic mass is 10.1. The van der Waals surface area contributed by atoms with Gasteiger partial charge in [0.15, 0.2) is 0 Å². The molecular weight excluding hydrogens is 390 g/mol. The number of carbonyl (C=O) groups excluding carboxylic acids is 2. The number of aromatic nitrogens is 1. The topological polar surface area (TPSA) is 83.1 Å². The Bertz CT molecular complexity index is 1100. The van der Waals surface area contributed by atoms with Crippen molar-refractivity contribution in [2.45, 2.75) is 18.9 Å². The molecule has 154 valence electrons. The summed E-state index contributed by atoms with van der Waals surface area (Å²) in [5, 5.41) is 9.25. The Morgan fingerprint density at radius 2 is 1.70 bits per heavy atom. The number of pyridine rings is 1. The molecule has 1 heterocycles. The van der Waals surface area contributed by atoms with Gasteiger partial charge in [-0.25, -0.2) is 13.8 Å². The fraction of sp³-hybridized carbons (Fsp3) is 0.227. The number of carbonyl (C=O) groups is 2. The highest BCUT2D eigenvalue weighted by atomic mass is 19.1. The van der Waals surface area contributed by atoms with Crippen LogP contribution >= 0.6 is 0 Å². The maximum absolute atomic E-state index is 13.7. The van der Waals surface area contributed by atoms with Gasteiger partial charge in [0.25, 0.3) is 11.8 Å². The largest absolute Gasteiger partial charge is 0.368 e. The third-order valence-corrected chi connectivity index (χ3v) is 4.78. The van der Waals surface area contributed by atoms with E-state index in [0.29, 0.717) is 16.9 Å². The van der Waals surface area contributed by atoms with Crippen LogP contribution < -0.4 is 16.0 Å². The van der Waals surface area contributed by atoms with E-state index in [4.69, 9.17) is 0 Å². The van der Waals surface area contributed by atoms with Crippen molar-refractivity contribution in [2.24, 2.45) is 0 Å². The average molecular weight is 410 g/mol. The normalized spacial score (nSPS) is 13.1. The Labute approximate surface area is 171 Å². The van der Waals surface area contributed by atoms with Crippen LogP contribution in [0.25, 0.3) is 10.9 Å². The monoisotopic (exact) mass is 410 g/mol. The van der Waals surface area contributed by atoms with E-state index in [-0.39, 0.29) is 25.0 Å². The first-order valence-corrected chi connectivity index (χ1v) is 9.69. The molecule has 2 amide bonds. The van der Waals surface area contributed by atoms with E-state index in [1.165, 1.54) is 6.07 Å². The maximum Gasteiger partial charge on any atom is 0.257 e. The summed E-state index contributed by atoms with van der Waals surface area (Å²) in [6.45, 7) is 0.377. The summed E-state index contributed by atoms with van der Waals surface area (Å²) < 4.78 is 27.3. The number of rotatable bonds is 7. The Hall–Kier alpha value is -3.55. The highest BCUT2D eigenvalue weighted by Gasteiger charge is 2.25. The van der Waals surface area contributed by atoms with Gasteiger partial charge in [0.1, 0.15) is 23.0 Å². The first-order valence-electron chi connectivity index (χ1n) is 9.69. The first kappa shape index (κ1) is 19.8. The average Bonchev–Trinajstić information content (AvgIpc) is 3.54. The molecule has 1 aliphatic carbocycles. The molecule has 30 heavy (non-hydrogen) atoms. The number of fused-ring (bicyclic) bond motifs is 1. The molecule has 1 fully saturated rings. The molecule has 0 unspecified atom stereocenters. The molecule has 1 aliphatic rings. The Kier molecular flexibility index (Phi) is 5.56. The van der Waals surface area contributed by atoms with Crippen molar-refractivity contribution < 1.29 is 18.4 Å². The second kappa shape index (κ2) is 8.44. The third-order valence-electron chi connectivity index (χ3n) is 4.78. The lowest BCUT2D eigenvalue weighted by molar-refractivity contribution is 0.0941. The van der Waals surface area contributed by atoms with Crippen LogP contribution in [0.15, 0.2) is 48.5 Å². The molecule has 0 aliphatic heterocycles. The van der Waals surface area contributed by atoms with Crippen LogP contribution in [0, 0.1) is 11.6 Å². The van der Waals surface area contributed by atoms with Crippen LogP contribution in [-0.4, -0.2) is 35.9 Å². The standard InChI is InChI=1S/C22H20F2N4O2/c23-16-5-3-6-17(24)20(16)22(30)26-11-10-25-19-12-15(21(29)27-13-8-9-13)14-4-1-2-7-18(14)28-19/h1-7,12-13H,8-11H2,(H,25,28)(H,26,30)(H,27,29). The summed E-state index contributed by atoms with van der Waals surface area (Å²) in [5.74, 6) is -2.34. The van der Waals surface area contributed by atoms with Crippen LogP contribution in [0.4, 0.5) is 14.6 Å². The number of hydrogen-bond donors (Lipinski definition) is 3. The van der Waals surface area contributed by atoms with Crippen molar-refractivity contribution in [3.63, 3.8) is 0 Å². The smallest absolute Gasteiger partial charge is 0.257 e. The molecule has 4 rings (SSSR count). The molecule has 3 N–H and O–H groups in total. The minimum atomic E-state index is -0.914. The summed E-state index contributed by atoms with van der Waals surface area (Å²) in [6, 6.07) is 12.5. The molecule has 0 radical (unpaired) electrons. The zero-order valence-corrected chi connectivity index (χ0v) is 16.0. The Morgan fingerprint density at radius 1 is 0.967 bits per heavy atom. The summed E-state index contributed by atoms with van der Waals surface area (Å²) in [4.78, 5) is 29.1. The molecule has 1 saturated carbocycles. The number of anilines is 1. The van der Waals surface area contributed by atoms with E-state index in [1.807, 2.05) is 24.3 Å². The molecule has 2 aromatic carbocycles. The van der Waals surface area contributed by atoms with Gasteiger partial charge in [0, 0.05) is 24.5 Å². The van der Waals surface area contributed by atoms with E-state index in [1.54, 1.807) is 6.07 Å². The van der Waals surface area contributed by atoms with Gasteiger partial charge in [-0.15, -0.1) is 0 Å². The predicted molar refractivity (Wildman–Crippen MR) is 109 cm³/mol. The molecule has 6 nitrogen and oxygen atoms in total. The highest BCUT2D eigenvalue weighted by molar-refractivity contribution is 6.07. The number of amides is 2. The number of hydrogen-bond acceptors (Lipinski definition) is 4. The summed E-state index contributed by atoms with van der Waals surface area (Å²) >= 11 is 0. The molecule has 0 saturated heterocycles. The van der Waals surface area contributed by atoms with Crippen molar-refractivity contribution >= 4 is 28.5 Å². The van der Waals surface area contributed by atoms with E-state index in [2.05, 4.69) is 20.9 Å². The SMILES string of the molecule is O=C(NCCNc1cc(C(=O)NC2CC2)c2ccccc2n1)c1c(F)cccc1F. The minimum Gasteiger partial charge on any atom is -0.368 e. The molecule has 1 aromatic heterocycles. The van der Waals surface area contributed by atoms with Gasteiger partial charge in [0.05, 0.1) is 11.1 Å². The first-order chi connectivity index (χ1) is 14.5. The van der Waals surface area contributed by atoms with E-state index < -0.39 is 23.1 Å². The number of halogens is 2. The quantitative estimate of drug-likeness (QED) is 0.522. The van der Waals surface area contributed by atoms with Crippen LogP contribution in [0.1, 0.15) is 33.6 Å². The van der Waals surface area contributed by atoms with Crippen molar-refractivity contribution in [3.05, 3.63) is 71.3 Å². The van der Waals surface area contributed by atoms with Crippen molar-refractivity contribution in [1.29, 1.82) is 0 Å². The number of nitrogens with one attached hydrogen (secondary N) is 3. The Balaban J connectivity index is 1.42. The minimum absolute atomic E-state index is 0.116. The van der Waals surface area contributed by atoms with Crippen LogP contribution in [0.5, 0.6) is 0 Å². The fourth-order valence-corrected chi connectivity index (χ4v) is 3.11. The van der Waals surface area contributed by atoms with Crippen molar-refractivity contribution in [3.8, 4) is 0 Å². The number of nitrogens with zero attached hydrogens (tertiary/aromatic N) is 1. The van der Waals surface area contributed by atoms with E-state index >= 15 is 0 Å². The lowest BCUT2D eigenvalue weighted by Gasteiger charge is -2.12. The second-order valence-electron chi connectivity index (χ2n) is 7.10. The Morgan fingerprint density at radius 3 is 2.43 bits per heavy atom. The zero-order valence-electron chi connectivity index (χ0n) is 16.0. The van der Waals surface area contributed by atoms with Crippen LogP contribution in [0.2, 0.25) is 0 Å². The third kappa shape index (κ3) is 4.37. The predicted octanol–water partition coefficient (Wildman–Crippen LogP) is 3.25. The second-order valence-corrected chi connectivity index (χ2v) is 7.10. The highest BCUT2D eigenvalue weighted by Crippen LogP contribution is 2.24. The van der Waals surface area contributed by atoms with Crippen LogP contribution in [0.3, 0.4) is 0 Å². The van der Waals surface area contributed by atoms with E-state index in [9.17, 15) is 18.4 Å². The van der Waals surface area contributed by atoms with Gasteiger partial charge in [-0.05, 0) is 37.1 Å². The molecule has 8 heteroatoms. The molecule has 3 aromatic rings. The summed E-state index contributed by atoms with van der Waals surface area (Å²) in [6.07, 6.45) is 1.98. The van der Waals surface area contributed by atoms with Gasteiger partial charge in [-0.1, -0.05) is 24.3 Å². The number of benzene rings is 2. The van der Waals surface area contributed by atoms with Gasteiger partial charge >= 0.3 is 0 Å². The van der Waals surface area contributed by atoms with Gasteiger partial charge in [-0.2, -0.15) is 0 Å². The summed E-state index contributed by atoms with van der Waals surface area (Å²) in [5.41, 5.74) is 0.578. The van der Waals surface area contributed by atoms with Crippen LogP contribution in [-0.2, 0) is 0 Å². The van der Waals surface area contributed by atoms with Gasteiger partial charge in [0.2, 0.25) is 0 Å². The van der Waals surface area contributed by atoms with Crippen molar-refractivity contribution in [2.75, 3.05) is 18.4 Å². The maximum atomic E-state index is 13.7. The zero-order chi connectivity index (χ0) is 21.1. The van der Waals surface area contributed by atoms with E-state index in [0.717, 1.165) is 30.4 Å². The van der Waals surface area contributed by atoms with Gasteiger partial charge in [-0.3, -0.25) is 9.59 Å². The summed E-state index contributed by atoms with van der Waals surface area (Å²) in [7, 11) is 0. The molecular formula is C22H20F2N4O2. The fourth-order valence-electron chi connectivity index (χ4n) is 3.11. The molecule has 0 atom stereocenters. The van der Waals surface area contributed by atoms with Crippen molar-refractivity contribution in [1.82, 2.24) is 15.6 Å². The molecule has 0 spiro atoms. The van der Waals surface area contributed by atoms with Gasteiger partial charge < -0.3 is 16.0 Å². The number of para-hydroxylation sites is 1.